The molecule has 2 heterocycles. The Kier molecular flexibility index (Phi) is 6.93. The number of carbonyl (C=O) groups excluding carboxylic acids is 3. The van der Waals surface area contributed by atoms with Gasteiger partial charge in [0.2, 0.25) is 5.91 Å². The first kappa shape index (κ1) is 24.5. The maximum absolute atomic E-state index is 13.7. The molecule has 0 radical (unpaired) electrons. The number of hydrogen-bond donors (Lipinski definition) is 1. The molecule has 1 aliphatic rings. The molecule has 0 aliphatic carbocycles. The molecule has 1 aromatic heterocycles. The Hall–Kier alpha value is -3.66. The van der Waals surface area contributed by atoms with Gasteiger partial charge in [-0.3, -0.25) is 9.59 Å². The van der Waals surface area contributed by atoms with Crippen molar-refractivity contribution in [3.8, 4) is 5.75 Å². The van der Waals surface area contributed by atoms with E-state index in [2.05, 4.69) is 26.2 Å². The second kappa shape index (κ2) is 9.91. The largest absolute Gasteiger partial charge is 0.496 e. The van der Waals surface area contributed by atoms with Crippen LogP contribution in [0.2, 0.25) is 0 Å². The minimum Gasteiger partial charge on any atom is -0.496 e. The maximum atomic E-state index is 13.7. The summed E-state index contributed by atoms with van der Waals surface area (Å²) < 4.78 is 12.6. The zero-order chi connectivity index (χ0) is 25.2. The van der Waals surface area contributed by atoms with Crippen molar-refractivity contribution in [1.82, 2.24) is 19.8 Å². The van der Waals surface area contributed by atoms with Crippen LogP contribution in [0.5, 0.6) is 5.75 Å². The summed E-state index contributed by atoms with van der Waals surface area (Å²) in [6, 6.07) is 14.9. The lowest BCUT2D eigenvalue weighted by atomic mass is 9.93. The number of methoxy groups -OCH3 is 2. The Morgan fingerprint density at radius 1 is 1.17 bits per heavy atom. The predicted octanol–water partition coefficient (Wildman–Crippen LogP) is 3.17. The second-order valence-corrected chi connectivity index (χ2v) is 9.27. The number of esters is 1. The van der Waals surface area contributed by atoms with Gasteiger partial charge < -0.3 is 24.3 Å². The minimum absolute atomic E-state index is 0.0757. The van der Waals surface area contributed by atoms with Crippen LogP contribution in [0.1, 0.15) is 39.0 Å². The molecule has 0 spiro atoms. The van der Waals surface area contributed by atoms with E-state index in [4.69, 9.17) is 9.47 Å². The predicted molar refractivity (Wildman–Crippen MR) is 131 cm³/mol. The number of aromatic nitrogens is 2. The second-order valence-electron chi connectivity index (χ2n) is 8.35. The summed E-state index contributed by atoms with van der Waals surface area (Å²) in [7, 11) is 2.80. The van der Waals surface area contributed by atoms with E-state index in [0.717, 1.165) is 15.6 Å². The molecule has 1 aliphatic heterocycles. The van der Waals surface area contributed by atoms with E-state index in [1.165, 1.54) is 22.9 Å². The first-order valence-corrected chi connectivity index (χ1v) is 11.7. The Balaban J connectivity index is 1.70. The monoisotopic (exact) mass is 540 g/mol. The highest BCUT2D eigenvalue weighted by molar-refractivity contribution is 9.10. The molecule has 1 atom stereocenters. The molecule has 2 amide bonds. The van der Waals surface area contributed by atoms with Crippen molar-refractivity contribution in [2.45, 2.75) is 32.1 Å². The van der Waals surface area contributed by atoms with Gasteiger partial charge in [-0.05, 0) is 30.7 Å². The molecule has 0 saturated carbocycles. The lowest BCUT2D eigenvalue weighted by Crippen LogP contribution is -2.63. The smallest absolute Gasteiger partial charge is 0.359 e. The molecule has 0 saturated heterocycles. The number of fused-ring (bicyclic) bond motifs is 1. The van der Waals surface area contributed by atoms with Gasteiger partial charge in [0.15, 0.2) is 5.69 Å². The van der Waals surface area contributed by atoms with Crippen molar-refractivity contribution >= 4 is 33.7 Å². The van der Waals surface area contributed by atoms with E-state index in [9.17, 15) is 14.4 Å². The lowest BCUT2D eigenvalue weighted by Gasteiger charge is -2.43. The van der Waals surface area contributed by atoms with E-state index >= 15 is 0 Å². The van der Waals surface area contributed by atoms with E-state index in [0.29, 0.717) is 5.75 Å². The van der Waals surface area contributed by atoms with Crippen LogP contribution in [0, 0.1) is 0 Å². The Labute approximate surface area is 211 Å². The van der Waals surface area contributed by atoms with Crippen molar-refractivity contribution in [3.05, 3.63) is 81.8 Å². The Bertz CT molecular complexity index is 1290. The molecule has 10 heteroatoms. The molecule has 0 fully saturated rings. The van der Waals surface area contributed by atoms with E-state index in [1.807, 2.05) is 48.5 Å². The zero-order valence-electron chi connectivity index (χ0n) is 19.6. The summed E-state index contributed by atoms with van der Waals surface area (Å²) in [5.74, 6) is -0.878. The highest BCUT2D eigenvalue weighted by Crippen LogP contribution is 2.31. The standard InChI is InChI=1S/C25H25BrN4O5/c1-25(24(33)27-12-17-8-4-5-10-19(17)34-2)14-29-15-28-20(23(32)35-3)21(29)22(31)30(25)13-16-7-6-9-18(26)11-16/h4-11,15H,12-14H2,1-3H3,(H,27,33)/t25-/m0/s1. The summed E-state index contributed by atoms with van der Waals surface area (Å²) in [5, 5.41) is 2.96. The lowest BCUT2D eigenvalue weighted by molar-refractivity contribution is -0.133. The number of nitrogens with zero attached hydrogens (tertiary/aromatic N) is 3. The molecule has 35 heavy (non-hydrogen) atoms. The summed E-state index contributed by atoms with van der Waals surface area (Å²) >= 11 is 3.45. The number of imidazole rings is 1. The van der Waals surface area contributed by atoms with Crippen LogP contribution in [0.25, 0.3) is 0 Å². The van der Waals surface area contributed by atoms with Gasteiger partial charge >= 0.3 is 5.97 Å². The van der Waals surface area contributed by atoms with E-state index in [-0.39, 0.29) is 36.9 Å². The molecule has 4 rings (SSSR count). The fourth-order valence-corrected chi connectivity index (χ4v) is 4.66. The number of para-hydroxylation sites is 1. The Morgan fingerprint density at radius 3 is 2.66 bits per heavy atom. The zero-order valence-corrected chi connectivity index (χ0v) is 21.2. The Morgan fingerprint density at radius 2 is 1.94 bits per heavy atom. The van der Waals surface area contributed by atoms with Gasteiger partial charge in [-0.1, -0.05) is 46.3 Å². The van der Waals surface area contributed by atoms with Gasteiger partial charge in [0.25, 0.3) is 5.91 Å². The van der Waals surface area contributed by atoms with E-state index < -0.39 is 17.4 Å². The number of hydrogen-bond acceptors (Lipinski definition) is 6. The molecule has 0 bridgehead atoms. The molecular weight excluding hydrogens is 516 g/mol. The first-order valence-electron chi connectivity index (χ1n) is 10.9. The normalized spacial score (nSPS) is 17.0. The average molecular weight is 541 g/mol. The van der Waals surface area contributed by atoms with Gasteiger partial charge in [0.1, 0.15) is 17.0 Å². The molecule has 2 aromatic carbocycles. The molecule has 0 unspecified atom stereocenters. The van der Waals surface area contributed by atoms with Crippen LogP contribution >= 0.6 is 15.9 Å². The summed E-state index contributed by atoms with van der Waals surface area (Å²) in [6.45, 7) is 2.20. The van der Waals surface area contributed by atoms with Crippen LogP contribution < -0.4 is 10.1 Å². The van der Waals surface area contributed by atoms with Crippen LogP contribution in [0.15, 0.2) is 59.3 Å². The number of ether oxygens (including phenoxy) is 2. The summed E-state index contributed by atoms with van der Waals surface area (Å²) in [4.78, 5) is 45.2. The quantitative estimate of drug-likeness (QED) is 0.461. The van der Waals surface area contributed by atoms with Crippen molar-refractivity contribution in [3.63, 3.8) is 0 Å². The van der Waals surface area contributed by atoms with E-state index in [1.54, 1.807) is 14.0 Å². The number of rotatable bonds is 7. The fourth-order valence-electron chi connectivity index (χ4n) is 4.21. The number of benzene rings is 2. The number of nitrogens with one attached hydrogen (secondary N) is 1. The number of amides is 2. The van der Waals surface area contributed by atoms with Crippen LogP contribution in [0.3, 0.4) is 0 Å². The molecular formula is C25H25BrN4O5. The third kappa shape index (κ3) is 4.66. The van der Waals surface area contributed by atoms with Gasteiger partial charge in [-0.25, -0.2) is 9.78 Å². The minimum atomic E-state index is -1.26. The van der Waals surface area contributed by atoms with Gasteiger partial charge in [-0.2, -0.15) is 0 Å². The van der Waals surface area contributed by atoms with Crippen molar-refractivity contribution in [2.24, 2.45) is 0 Å². The van der Waals surface area contributed by atoms with Crippen LogP contribution in [-0.2, 0) is 29.2 Å². The van der Waals surface area contributed by atoms with Crippen molar-refractivity contribution in [1.29, 1.82) is 0 Å². The van der Waals surface area contributed by atoms with Crippen LogP contribution in [0.4, 0.5) is 0 Å². The summed E-state index contributed by atoms with van der Waals surface area (Å²) in [5.41, 5.74) is 0.394. The topological polar surface area (TPSA) is 103 Å². The first-order chi connectivity index (χ1) is 16.8. The third-order valence-electron chi connectivity index (χ3n) is 6.09. The highest BCUT2D eigenvalue weighted by atomic mass is 79.9. The van der Waals surface area contributed by atoms with Gasteiger partial charge in [-0.15, -0.1) is 0 Å². The van der Waals surface area contributed by atoms with Gasteiger partial charge in [0.05, 0.1) is 27.1 Å². The molecule has 1 N–H and O–H groups in total. The van der Waals surface area contributed by atoms with Crippen LogP contribution in [-0.4, -0.2) is 52.0 Å². The summed E-state index contributed by atoms with van der Waals surface area (Å²) in [6.07, 6.45) is 1.39. The van der Waals surface area contributed by atoms with Crippen molar-refractivity contribution < 1.29 is 23.9 Å². The third-order valence-corrected chi connectivity index (χ3v) is 6.58. The fraction of sp³-hybridized carbons (Fsp3) is 0.280. The van der Waals surface area contributed by atoms with Gasteiger partial charge in [0, 0.05) is 23.1 Å². The molecule has 182 valence electrons. The van der Waals surface area contributed by atoms with Crippen molar-refractivity contribution in [2.75, 3.05) is 14.2 Å². The maximum Gasteiger partial charge on any atom is 0.359 e. The number of halogens is 1. The molecule has 9 nitrogen and oxygen atoms in total. The average Bonchev–Trinajstić information content (AvgIpc) is 3.28. The molecule has 3 aromatic rings. The number of carbonyl (C=O) groups is 3. The highest BCUT2D eigenvalue weighted by Gasteiger charge is 2.49. The SMILES string of the molecule is COC(=O)c1ncn2c1C(=O)N(Cc1cccc(Br)c1)[C@](C)(C(=O)NCc1ccccc1OC)C2.